The molecule has 1 saturated carbocycles. The lowest BCUT2D eigenvalue weighted by molar-refractivity contribution is -0.385. The molecule has 1 aromatic heterocycles. The van der Waals surface area contributed by atoms with Gasteiger partial charge in [-0.1, -0.05) is 16.8 Å². The Morgan fingerprint density at radius 1 is 1.44 bits per heavy atom. The molecule has 1 fully saturated rings. The first-order valence-electron chi connectivity index (χ1n) is 7.80. The van der Waals surface area contributed by atoms with Gasteiger partial charge in [-0.2, -0.15) is 4.98 Å². The van der Waals surface area contributed by atoms with E-state index in [9.17, 15) is 14.9 Å². The average Bonchev–Trinajstić information content (AvgIpc) is 3.28. The van der Waals surface area contributed by atoms with Crippen molar-refractivity contribution in [2.45, 2.75) is 39.2 Å². The second-order valence-electron chi connectivity index (χ2n) is 6.44. The van der Waals surface area contributed by atoms with Crippen LogP contribution in [0.3, 0.4) is 0 Å². The first-order chi connectivity index (χ1) is 11.7. The number of aryl methyl sites for hydroxylation is 2. The van der Waals surface area contributed by atoms with Crippen molar-refractivity contribution in [3.63, 3.8) is 0 Å². The predicted octanol–water partition coefficient (Wildman–Crippen LogP) is 3.30. The minimum Gasteiger partial charge on any atom is -0.340 e. The van der Waals surface area contributed by atoms with Crippen LogP contribution < -0.4 is 5.32 Å². The van der Waals surface area contributed by atoms with Crippen LogP contribution in [0, 0.1) is 29.9 Å². The number of nitrogens with zero attached hydrogens (tertiary/aromatic N) is 3. The highest BCUT2D eigenvalue weighted by molar-refractivity contribution is 6.31. The molecule has 1 heterocycles. The fourth-order valence-electron chi connectivity index (χ4n) is 2.97. The number of hydrogen-bond donors (Lipinski definition) is 1. The van der Waals surface area contributed by atoms with Crippen LogP contribution >= 0.6 is 11.6 Å². The largest absolute Gasteiger partial charge is 0.340 e. The van der Waals surface area contributed by atoms with E-state index >= 15 is 0 Å². The molecule has 0 aliphatic heterocycles. The van der Waals surface area contributed by atoms with Gasteiger partial charge in [-0.05, 0) is 44.2 Å². The van der Waals surface area contributed by atoms with Gasteiger partial charge in [0.05, 0.1) is 4.92 Å². The SMILES string of the molecule is Cc1nc(C(C)(NC(=O)c2c(C)cc(Cl)cc2[N+](=O)[O-])C2CC2)no1. The highest BCUT2D eigenvalue weighted by atomic mass is 35.5. The Morgan fingerprint density at radius 3 is 2.64 bits per heavy atom. The minimum atomic E-state index is -0.852. The van der Waals surface area contributed by atoms with Crippen molar-refractivity contribution in [3.05, 3.63) is 50.1 Å². The molecule has 1 N–H and O–H groups in total. The molecule has 3 rings (SSSR count). The maximum absolute atomic E-state index is 12.9. The van der Waals surface area contributed by atoms with Gasteiger partial charge in [-0.25, -0.2) is 0 Å². The van der Waals surface area contributed by atoms with Crippen LogP contribution in [-0.2, 0) is 5.54 Å². The maximum Gasteiger partial charge on any atom is 0.283 e. The molecule has 1 amide bonds. The zero-order chi connectivity index (χ0) is 18.4. The first kappa shape index (κ1) is 17.3. The Kier molecular flexibility index (Phi) is 4.24. The maximum atomic E-state index is 12.9. The second-order valence-corrected chi connectivity index (χ2v) is 6.88. The number of aromatic nitrogens is 2. The third kappa shape index (κ3) is 3.21. The Labute approximate surface area is 148 Å². The standard InChI is InChI=1S/C16H17ClN4O4/c1-8-6-11(17)7-12(21(23)24)13(8)14(22)19-16(3,10-4-5-10)15-18-9(2)25-20-15/h6-7,10H,4-5H2,1-3H3,(H,19,22). The number of carbonyl (C=O) groups excluding carboxylic acids is 1. The summed E-state index contributed by atoms with van der Waals surface area (Å²) in [5, 5.41) is 18.4. The summed E-state index contributed by atoms with van der Waals surface area (Å²) in [6.45, 7) is 5.09. The van der Waals surface area contributed by atoms with Crippen molar-refractivity contribution in [2.75, 3.05) is 0 Å². The van der Waals surface area contributed by atoms with Gasteiger partial charge in [0.1, 0.15) is 11.1 Å². The van der Waals surface area contributed by atoms with Gasteiger partial charge >= 0.3 is 0 Å². The average molecular weight is 365 g/mol. The third-order valence-electron chi connectivity index (χ3n) is 4.46. The molecule has 1 aromatic carbocycles. The summed E-state index contributed by atoms with van der Waals surface area (Å²) in [7, 11) is 0. The van der Waals surface area contributed by atoms with Crippen molar-refractivity contribution < 1.29 is 14.2 Å². The number of rotatable bonds is 5. The van der Waals surface area contributed by atoms with E-state index in [1.807, 2.05) is 6.92 Å². The number of nitro groups is 1. The monoisotopic (exact) mass is 364 g/mol. The number of hydrogen-bond acceptors (Lipinski definition) is 6. The van der Waals surface area contributed by atoms with Crippen LogP contribution in [0.5, 0.6) is 0 Å². The van der Waals surface area contributed by atoms with E-state index in [-0.39, 0.29) is 22.2 Å². The second kappa shape index (κ2) is 6.11. The molecule has 1 unspecified atom stereocenters. The Morgan fingerprint density at radius 2 is 2.12 bits per heavy atom. The zero-order valence-corrected chi connectivity index (χ0v) is 14.8. The number of halogens is 1. The number of nitrogens with one attached hydrogen (secondary N) is 1. The van der Waals surface area contributed by atoms with Crippen molar-refractivity contribution in [1.82, 2.24) is 15.5 Å². The van der Waals surface area contributed by atoms with E-state index in [1.165, 1.54) is 12.1 Å². The Hall–Kier alpha value is -2.48. The van der Waals surface area contributed by atoms with Crippen LogP contribution in [0.4, 0.5) is 5.69 Å². The van der Waals surface area contributed by atoms with E-state index < -0.39 is 16.4 Å². The molecule has 8 nitrogen and oxygen atoms in total. The molecule has 9 heteroatoms. The van der Waals surface area contributed by atoms with Gasteiger partial charge < -0.3 is 9.84 Å². The molecule has 0 spiro atoms. The molecule has 0 bridgehead atoms. The van der Waals surface area contributed by atoms with Gasteiger partial charge in [0.2, 0.25) is 5.89 Å². The van der Waals surface area contributed by atoms with Gasteiger partial charge in [-0.15, -0.1) is 0 Å². The number of carbonyl (C=O) groups is 1. The molecule has 0 radical (unpaired) electrons. The highest BCUT2D eigenvalue weighted by Gasteiger charge is 2.48. The lowest BCUT2D eigenvalue weighted by Gasteiger charge is -2.27. The van der Waals surface area contributed by atoms with E-state index in [4.69, 9.17) is 16.1 Å². The predicted molar refractivity (Wildman–Crippen MR) is 89.4 cm³/mol. The quantitative estimate of drug-likeness (QED) is 0.643. The summed E-state index contributed by atoms with van der Waals surface area (Å²) in [5.41, 5.74) is -0.764. The molecule has 25 heavy (non-hydrogen) atoms. The van der Waals surface area contributed by atoms with E-state index in [2.05, 4.69) is 15.5 Å². The number of amides is 1. The lowest BCUT2D eigenvalue weighted by Crippen LogP contribution is -2.46. The normalized spacial score (nSPS) is 16.3. The van der Waals surface area contributed by atoms with Crippen LogP contribution in [0.25, 0.3) is 0 Å². The molecular weight excluding hydrogens is 348 g/mol. The molecule has 2 aromatic rings. The van der Waals surface area contributed by atoms with Gasteiger partial charge in [-0.3, -0.25) is 14.9 Å². The van der Waals surface area contributed by atoms with Gasteiger partial charge in [0.25, 0.3) is 11.6 Å². The molecule has 1 atom stereocenters. The zero-order valence-electron chi connectivity index (χ0n) is 14.0. The summed E-state index contributed by atoms with van der Waals surface area (Å²) in [6.07, 6.45) is 1.82. The summed E-state index contributed by atoms with van der Waals surface area (Å²) in [4.78, 5) is 27.9. The molecular formula is C16H17ClN4O4. The minimum absolute atomic E-state index is 0.0125. The lowest BCUT2D eigenvalue weighted by atomic mass is 9.93. The van der Waals surface area contributed by atoms with Crippen molar-refractivity contribution >= 4 is 23.2 Å². The topological polar surface area (TPSA) is 111 Å². The Bertz CT molecular complexity index is 862. The van der Waals surface area contributed by atoms with Crippen LogP contribution in [0.15, 0.2) is 16.7 Å². The molecule has 0 saturated heterocycles. The summed E-state index contributed by atoms with van der Waals surface area (Å²) >= 11 is 5.89. The summed E-state index contributed by atoms with van der Waals surface area (Å²) < 4.78 is 5.04. The van der Waals surface area contributed by atoms with Gasteiger partial charge in [0.15, 0.2) is 5.82 Å². The van der Waals surface area contributed by atoms with Crippen molar-refractivity contribution in [3.8, 4) is 0 Å². The van der Waals surface area contributed by atoms with Crippen LogP contribution in [-0.4, -0.2) is 21.0 Å². The molecule has 1 aliphatic carbocycles. The Balaban J connectivity index is 2.00. The number of nitro benzene ring substituents is 1. The van der Waals surface area contributed by atoms with Crippen molar-refractivity contribution in [1.29, 1.82) is 0 Å². The van der Waals surface area contributed by atoms with Gasteiger partial charge in [0, 0.05) is 18.0 Å². The fourth-order valence-corrected chi connectivity index (χ4v) is 3.24. The van der Waals surface area contributed by atoms with Crippen LogP contribution in [0.2, 0.25) is 5.02 Å². The number of benzene rings is 1. The highest BCUT2D eigenvalue weighted by Crippen LogP contribution is 2.45. The molecule has 1 aliphatic rings. The van der Waals surface area contributed by atoms with E-state index in [1.54, 1.807) is 13.8 Å². The first-order valence-corrected chi connectivity index (χ1v) is 8.18. The summed E-state index contributed by atoms with van der Waals surface area (Å²) in [5.74, 6) is 0.359. The van der Waals surface area contributed by atoms with Crippen molar-refractivity contribution in [2.24, 2.45) is 5.92 Å². The summed E-state index contributed by atoms with van der Waals surface area (Å²) in [6, 6.07) is 2.70. The molecule has 132 valence electrons. The van der Waals surface area contributed by atoms with E-state index in [0.717, 1.165) is 12.8 Å². The third-order valence-corrected chi connectivity index (χ3v) is 4.68. The smallest absolute Gasteiger partial charge is 0.283 e. The van der Waals surface area contributed by atoms with Crippen LogP contribution in [0.1, 0.15) is 47.4 Å². The fraction of sp³-hybridized carbons (Fsp3) is 0.438. The van der Waals surface area contributed by atoms with E-state index in [0.29, 0.717) is 17.3 Å².